The number of hydrogen-bond acceptors (Lipinski definition) is 7. The van der Waals surface area contributed by atoms with Crippen LogP contribution in [0.15, 0.2) is 94.8 Å². The van der Waals surface area contributed by atoms with E-state index in [1.165, 1.54) is 23.2 Å². The fourth-order valence-corrected chi connectivity index (χ4v) is 5.62. The number of amidine groups is 1. The molecule has 0 saturated carbocycles. The molecule has 2 aliphatic heterocycles. The molecular formula is C32H30ClN3O3S. The van der Waals surface area contributed by atoms with Gasteiger partial charge in [0.25, 0.3) is 0 Å². The number of rotatable bonds is 6. The molecule has 6 nitrogen and oxygen atoms in total. The fourth-order valence-electron chi connectivity index (χ4n) is 4.88. The lowest BCUT2D eigenvalue weighted by Gasteiger charge is -2.36. The first-order valence-electron chi connectivity index (χ1n) is 13.3. The normalized spacial score (nSPS) is 14.9. The lowest BCUT2D eigenvalue weighted by molar-refractivity contribution is 0.175. The minimum absolute atomic E-state index is 0.665. The van der Waals surface area contributed by atoms with Crippen LogP contribution in [0.3, 0.4) is 0 Å². The fraction of sp³-hybridized carbons (Fsp3) is 0.219. The molecule has 1 saturated heterocycles. The molecule has 2 aliphatic rings. The number of benzene rings is 4. The number of halogens is 1. The monoisotopic (exact) mass is 571 g/mol. The van der Waals surface area contributed by atoms with E-state index < -0.39 is 0 Å². The molecule has 0 bridgehead atoms. The zero-order valence-electron chi connectivity index (χ0n) is 22.5. The average Bonchev–Trinajstić information content (AvgIpc) is 3.14. The van der Waals surface area contributed by atoms with E-state index >= 15 is 0 Å². The Morgan fingerprint density at radius 1 is 0.875 bits per heavy atom. The Morgan fingerprint density at radius 3 is 2.48 bits per heavy atom. The second kappa shape index (κ2) is 11.8. The first kappa shape index (κ1) is 26.6. The van der Waals surface area contributed by atoms with Gasteiger partial charge in [-0.05, 0) is 67.1 Å². The van der Waals surface area contributed by atoms with Gasteiger partial charge in [0.15, 0.2) is 17.2 Å². The standard InChI is InChI=1S/C32H30ClN3O3S/c1-22-7-11-25(12-8-22)40-39-30-13-9-23(19-31(30)37-2)21-35-15-17-36(18-16-35)32-26-20-24(33)10-14-28(26)38-29-6-4-3-5-27(29)34-32/h3-14,19-20H,15-18,21H2,1-2H3. The summed E-state index contributed by atoms with van der Waals surface area (Å²) in [7, 11) is 1.68. The van der Waals surface area contributed by atoms with Gasteiger partial charge in [0, 0.05) is 42.6 Å². The molecular weight excluding hydrogens is 542 g/mol. The van der Waals surface area contributed by atoms with Crippen LogP contribution in [0.1, 0.15) is 16.7 Å². The lowest BCUT2D eigenvalue weighted by atomic mass is 10.1. The van der Waals surface area contributed by atoms with Crippen molar-refractivity contribution in [3.05, 3.63) is 107 Å². The maximum atomic E-state index is 6.39. The third-order valence-electron chi connectivity index (χ3n) is 7.05. The zero-order chi connectivity index (χ0) is 27.5. The van der Waals surface area contributed by atoms with Crippen molar-refractivity contribution in [3.8, 4) is 23.0 Å². The van der Waals surface area contributed by atoms with E-state index in [0.717, 1.165) is 72.0 Å². The van der Waals surface area contributed by atoms with E-state index in [1.54, 1.807) is 7.11 Å². The smallest absolute Gasteiger partial charge is 0.179 e. The predicted octanol–water partition coefficient (Wildman–Crippen LogP) is 7.74. The van der Waals surface area contributed by atoms with Crippen LogP contribution in [0.25, 0.3) is 0 Å². The van der Waals surface area contributed by atoms with Gasteiger partial charge in [0.2, 0.25) is 0 Å². The molecule has 0 amide bonds. The van der Waals surface area contributed by atoms with Crippen molar-refractivity contribution in [1.29, 1.82) is 0 Å². The number of piperazine rings is 1. The van der Waals surface area contributed by atoms with Crippen molar-refractivity contribution in [2.24, 2.45) is 4.99 Å². The van der Waals surface area contributed by atoms with Crippen molar-refractivity contribution < 1.29 is 13.7 Å². The van der Waals surface area contributed by atoms with Gasteiger partial charge in [-0.2, -0.15) is 0 Å². The van der Waals surface area contributed by atoms with Gasteiger partial charge in [-0.15, -0.1) is 0 Å². The lowest BCUT2D eigenvalue weighted by Crippen LogP contribution is -2.48. The van der Waals surface area contributed by atoms with Gasteiger partial charge in [0.1, 0.15) is 17.3 Å². The molecule has 8 heteroatoms. The maximum absolute atomic E-state index is 6.39. The number of fused-ring (bicyclic) bond motifs is 2. The van der Waals surface area contributed by atoms with E-state index in [9.17, 15) is 0 Å². The van der Waals surface area contributed by atoms with Gasteiger partial charge in [0.05, 0.1) is 24.7 Å². The van der Waals surface area contributed by atoms with Gasteiger partial charge in [-0.1, -0.05) is 47.5 Å². The van der Waals surface area contributed by atoms with Crippen molar-refractivity contribution in [2.45, 2.75) is 18.4 Å². The molecule has 0 aromatic heterocycles. The van der Waals surface area contributed by atoms with E-state index in [4.69, 9.17) is 30.3 Å². The number of hydrogen-bond donors (Lipinski definition) is 0. The summed E-state index contributed by atoms with van der Waals surface area (Å²) in [6, 6.07) is 28.0. The first-order chi connectivity index (χ1) is 19.6. The summed E-state index contributed by atoms with van der Waals surface area (Å²) in [5, 5.41) is 0.665. The highest BCUT2D eigenvalue weighted by molar-refractivity contribution is 7.95. The summed E-state index contributed by atoms with van der Waals surface area (Å²) in [6.45, 7) is 6.40. The highest BCUT2D eigenvalue weighted by Crippen LogP contribution is 2.39. The summed E-state index contributed by atoms with van der Waals surface area (Å²) in [4.78, 5) is 10.9. The Labute approximate surface area is 244 Å². The molecule has 0 aliphatic carbocycles. The van der Waals surface area contributed by atoms with Gasteiger partial charge < -0.3 is 18.6 Å². The van der Waals surface area contributed by atoms with Gasteiger partial charge in [-0.3, -0.25) is 4.90 Å². The second-order valence-corrected chi connectivity index (χ2v) is 11.1. The summed E-state index contributed by atoms with van der Waals surface area (Å²) in [6.07, 6.45) is 0. The predicted molar refractivity (Wildman–Crippen MR) is 162 cm³/mol. The van der Waals surface area contributed by atoms with E-state index in [1.807, 2.05) is 48.5 Å². The topological polar surface area (TPSA) is 46.5 Å². The Bertz CT molecular complexity index is 1540. The van der Waals surface area contributed by atoms with Crippen LogP contribution in [0.2, 0.25) is 5.02 Å². The molecule has 6 rings (SSSR count). The molecule has 4 aromatic carbocycles. The minimum Gasteiger partial charge on any atom is -0.493 e. The summed E-state index contributed by atoms with van der Waals surface area (Å²) in [5.41, 5.74) is 4.15. The van der Waals surface area contributed by atoms with Crippen LogP contribution in [0, 0.1) is 6.92 Å². The van der Waals surface area contributed by atoms with Crippen LogP contribution in [0.4, 0.5) is 5.69 Å². The van der Waals surface area contributed by atoms with Gasteiger partial charge >= 0.3 is 0 Å². The molecule has 0 spiro atoms. The van der Waals surface area contributed by atoms with E-state index in [2.05, 4.69) is 53.1 Å². The Morgan fingerprint density at radius 2 is 1.68 bits per heavy atom. The van der Waals surface area contributed by atoms with Gasteiger partial charge in [-0.25, -0.2) is 4.99 Å². The Hall–Kier alpha value is -3.65. The molecule has 204 valence electrons. The second-order valence-electron chi connectivity index (χ2n) is 9.87. The van der Waals surface area contributed by atoms with Crippen LogP contribution in [0.5, 0.6) is 23.0 Å². The highest BCUT2D eigenvalue weighted by atomic mass is 35.5. The van der Waals surface area contributed by atoms with Crippen molar-refractivity contribution >= 4 is 35.2 Å². The van der Waals surface area contributed by atoms with Crippen LogP contribution in [-0.2, 0) is 6.54 Å². The molecule has 4 aromatic rings. The number of aryl methyl sites for hydroxylation is 1. The van der Waals surface area contributed by atoms with Crippen LogP contribution in [-0.4, -0.2) is 48.9 Å². The molecule has 1 fully saturated rings. The summed E-state index contributed by atoms with van der Waals surface area (Å²) < 4.78 is 17.9. The van der Waals surface area contributed by atoms with E-state index in [-0.39, 0.29) is 0 Å². The number of methoxy groups -OCH3 is 1. The third kappa shape index (κ3) is 5.92. The summed E-state index contributed by atoms with van der Waals surface area (Å²) in [5.74, 6) is 3.86. The van der Waals surface area contributed by atoms with Crippen LogP contribution >= 0.6 is 23.6 Å². The third-order valence-corrected chi connectivity index (χ3v) is 8.01. The Balaban J connectivity index is 1.13. The molecule has 2 heterocycles. The number of nitrogens with zero attached hydrogens (tertiary/aromatic N) is 3. The highest BCUT2D eigenvalue weighted by Gasteiger charge is 2.26. The Kier molecular flexibility index (Phi) is 7.86. The number of ether oxygens (including phenoxy) is 2. The van der Waals surface area contributed by atoms with Crippen molar-refractivity contribution in [1.82, 2.24) is 9.80 Å². The number of para-hydroxylation sites is 2. The van der Waals surface area contributed by atoms with Crippen molar-refractivity contribution in [2.75, 3.05) is 33.3 Å². The zero-order valence-corrected chi connectivity index (χ0v) is 24.0. The molecule has 0 atom stereocenters. The quantitative estimate of drug-likeness (QED) is 0.221. The maximum Gasteiger partial charge on any atom is 0.179 e. The molecule has 40 heavy (non-hydrogen) atoms. The molecule has 0 unspecified atom stereocenters. The minimum atomic E-state index is 0.665. The van der Waals surface area contributed by atoms with E-state index in [0.29, 0.717) is 10.8 Å². The molecule has 0 N–H and O–H groups in total. The van der Waals surface area contributed by atoms with Crippen molar-refractivity contribution in [3.63, 3.8) is 0 Å². The average molecular weight is 572 g/mol. The first-order valence-corrected chi connectivity index (χ1v) is 14.4. The number of aliphatic imine (C=N–C) groups is 1. The largest absolute Gasteiger partial charge is 0.493 e. The summed E-state index contributed by atoms with van der Waals surface area (Å²) >= 11 is 7.73. The SMILES string of the molecule is COc1cc(CN2CCN(C3=Nc4ccccc4Oc4ccc(Cl)cc43)CC2)ccc1OSc1ccc(C)cc1. The molecule has 0 radical (unpaired) electrons. The van der Waals surface area contributed by atoms with Crippen LogP contribution < -0.4 is 13.7 Å².